The molecule has 0 saturated carbocycles. The summed E-state index contributed by atoms with van der Waals surface area (Å²) in [5.41, 5.74) is 0.499. The van der Waals surface area contributed by atoms with E-state index in [4.69, 9.17) is 0 Å². The molecule has 1 N–H and O–H groups in total. The van der Waals surface area contributed by atoms with Gasteiger partial charge in [-0.25, -0.2) is 4.98 Å². The fourth-order valence-corrected chi connectivity index (χ4v) is 1.73. The van der Waals surface area contributed by atoms with Crippen LogP contribution in [0.1, 0.15) is 37.7 Å². The zero-order valence-corrected chi connectivity index (χ0v) is 11.7. The minimum Gasteiger partial charge on any atom is -0.370 e. The maximum Gasteiger partial charge on any atom is 0.272 e. The van der Waals surface area contributed by atoms with E-state index in [2.05, 4.69) is 31.1 Å². The van der Waals surface area contributed by atoms with Gasteiger partial charge in [0.15, 0.2) is 0 Å². The van der Waals surface area contributed by atoms with Gasteiger partial charge < -0.3 is 10.2 Å². The fourth-order valence-electron chi connectivity index (χ4n) is 1.73. The van der Waals surface area contributed by atoms with Crippen molar-refractivity contribution in [3.63, 3.8) is 0 Å². The summed E-state index contributed by atoms with van der Waals surface area (Å²) in [7, 11) is 1.82. The van der Waals surface area contributed by atoms with E-state index in [1.54, 1.807) is 11.0 Å². The van der Waals surface area contributed by atoms with Gasteiger partial charge in [0, 0.05) is 20.1 Å². The summed E-state index contributed by atoms with van der Waals surface area (Å²) in [4.78, 5) is 18.2. The van der Waals surface area contributed by atoms with Crippen LogP contribution in [0.3, 0.4) is 0 Å². The predicted octanol–water partition coefficient (Wildman–Crippen LogP) is 2.63. The first-order valence-corrected chi connectivity index (χ1v) is 6.51. The van der Waals surface area contributed by atoms with Crippen molar-refractivity contribution in [3.05, 3.63) is 23.9 Å². The Bertz CT molecular complexity index is 390. The Morgan fingerprint density at radius 3 is 2.78 bits per heavy atom. The number of aromatic nitrogens is 1. The molecule has 4 nitrogen and oxygen atoms in total. The number of hydrogen-bond acceptors (Lipinski definition) is 3. The van der Waals surface area contributed by atoms with Crippen LogP contribution < -0.4 is 5.32 Å². The maximum absolute atomic E-state index is 12.1. The number of carbonyl (C=O) groups is 1. The number of amides is 1. The van der Waals surface area contributed by atoms with Crippen LogP contribution in [0.4, 0.5) is 5.82 Å². The Morgan fingerprint density at radius 1 is 1.44 bits per heavy atom. The van der Waals surface area contributed by atoms with Crippen LogP contribution in [0.15, 0.2) is 18.2 Å². The van der Waals surface area contributed by atoms with Crippen molar-refractivity contribution < 1.29 is 4.79 Å². The summed E-state index contributed by atoms with van der Waals surface area (Å²) >= 11 is 0. The molecule has 1 aromatic rings. The van der Waals surface area contributed by atoms with Gasteiger partial charge in [-0.1, -0.05) is 26.8 Å². The number of anilines is 1. The third kappa shape index (κ3) is 4.35. The molecule has 0 atom stereocenters. The van der Waals surface area contributed by atoms with Gasteiger partial charge in [-0.05, 0) is 24.5 Å². The van der Waals surface area contributed by atoms with E-state index in [1.807, 2.05) is 19.2 Å². The van der Waals surface area contributed by atoms with Crippen molar-refractivity contribution in [1.82, 2.24) is 9.88 Å². The van der Waals surface area contributed by atoms with Gasteiger partial charge in [0.25, 0.3) is 5.91 Å². The molecule has 18 heavy (non-hydrogen) atoms. The molecule has 0 aliphatic rings. The molecule has 0 aliphatic carbocycles. The molecule has 0 aromatic carbocycles. The average Bonchev–Trinajstić information content (AvgIpc) is 2.35. The van der Waals surface area contributed by atoms with E-state index in [-0.39, 0.29) is 5.91 Å². The third-order valence-corrected chi connectivity index (χ3v) is 2.51. The van der Waals surface area contributed by atoms with Gasteiger partial charge in [0.05, 0.1) is 0 Å². The Hall–Kier alpha value is -1.58. The molecule has 1 rings (SSSR count). The zero-order chi connectivity index (χ0) is 13.5. The number of pyridine rings is 1. The van der Waals surface area contributed by atoms with Crippen molar-refractivity contribution >= 4 is 11.7 Å². The lowest BCUT2D eigenvalue weighted by Crippen LogP contribution is -2.31. The molecule has 100 valence electrons. The monoisotopic (exact) mass is 249 g/mol. The normalized spacial score (nSPS) is 10.5. The summed E-state index contributed by atoms with van der Waals surface area (Å²) in [5.74, 6) is 1.20. The minimum absolute atomic E-state index is 0.0242. The lowest BCUT2D eigenvalue weighted by atomic mass is 10.2. The molecule has 1 aromatic heterocycles. The number of rotatable bonds is 6. The van der Waals surface area contributed by atoms with Gasteiger partial charge in [-0.3, -0.25) is 4.79 Å². The quantitative estimate of drug-likeness (QED) is 0.843. The highest BCUT2D eigenvalue weighted by Gasteiger charge is 2.14. The van der Waals surface area contributed by atoms with E-state index in [9.17, 15) is 4.79 Å². The highest BCUT2D eigenvalue weighted by molar-refractivity contribution is 5.92. The van der Waals surface area contributed by atoms with Crippen LogP contribution in [-0.4, -0.2) is 35.9 Å². The summed E-state index contributed by atoms with van der Waals surface area (Å²) in [6, 6.07) is 5.51. The highest BCUT2D eigenvalue weighted by atomic mass is 16.2. The second-order valence-electron chi connectivity index (χ2n) is 4.91. The number of hydrogen-bond donors (Lipinski definition) is 1. The van der Waals surface area contributed by atoms with Crippen LogP contribution in [0.2, 0.25) is 0 Å². The molecule has 0 saturated heterocycles. The van der Waals surface area contributed by atoms with E-state index in [0.29, 0.717) is 11.6 Å². The summed E-state index contributed by atoms with van der Waals surface area (Å²) in [5, 5.41) is 3.19. The molecule has 0 aliphatic heterocycles. The molecular formula is C14H23N3O. The smallest absolute Gasteiger partial charge is 0.272 e. The van der Waals surface area contributed by atoms with Crippen LogP contribution in [-0.2, 0) is 0 Å². The molecule has 1 amide bonds. The molecule has 0 fully saturated rings. The van der Waals surface area contributed by atoms with Gasteiger partial charge in [0.1, 0.15) is 11.5 Å². The van der Waals surface area contributed by atoms with E-state index < -0.39 is 0 Å². The topological polar surface area (TPSA) is 45.2 Å². The zero-order valence-electron chi connectivity index (χ0n) is 11.7. The largest absolute Gasteiger partial charge is 0.370 e. The number of carbonyl (C=O) groups excluding carboxylic acids is 1. The molecule has 0 unspecified atom stereocenters. The molecular weight excluding hydrogens is 226 g/mol. The first-order valence-electron chi connectivity index (χ1n) is 6.51. The van der Waals surface area contributed by atoms with Gasteiger partial charge in [0.2, 0.25) is 0 Å². The first-order chi connectivity index (χ1) is 8.54. The van der Waals surface area contributed by atoms with Gasteiger partial charge in [-0.15, -0.1) is 0 Å². The Kier molecular flexibility index (Phi) is 5.62. The lowest BCUT2D eigenvalue weighted by Gasteiger charge is -2.19. The maximum atomic E-state index is 12.1. The van der Waals surface area contributed by atoms with Crippen molar-refractivity contribution in [2.24, 2.45) is 5.92 Å². The van der Waals surface area contributed by atoms with E-state index in [0.717, 1.165) is 25.3 Å². The minimum atomic E-state index is -0.0242. The summed E-state index contributed by atoms with van der Waals surface area (Å²) in [6.07, 6.45) is 1.03. The van der Waals surface area contributed by atoms with Crippen LogP contribution >= 0.6 is 0 Å². The van der Waals surface area contributed by atoms with Crippen molar-refractivity contribution in [3.8, 4) is 0 Å². The molecule has 0 radical (unpaired) electrons. The molecule has 0 bridgehead atoms. The Balaban J connectivity index is 2.73. The summed E-state index contributed by atoms with van der Waals surface area (Å²) < 4.78 is 0. The first kappa shape index (κ1) is 14.5. The second kappa shape index (κ2) is 6.99. The van der Waals surface area contributed by atoms with Gasteiger partial charge in [-0.2, -0.15) is 0 Å². The lowest BCUT2D eigenvalue weighted by molar-refractivity contribution is 0.0773. The predicted molar refractivity (Wildman–Crippen MR) is 74.8 cm³/mol. The number of nitrogens with one attached hydrogen (secondary N) is 1. The van der Waals surface area contributed by atoms with Crippen LogP contribution in [0.5, 0.6) is 0 Å². The Morgan fingerprint density at radius 2 is 2.17 bits per heavy atom. The van der Waals surface area contributed by atoms with Crippen molar-refractivity contribution in [2.75, 3.05) is 25.5 Å². The third-order valence-electron chi connectivity index (χ3n) is 2.51. The van der Waals surface area contributed by atoms with Crippen LogP contribution in [0.25, 0.3) is 0 Å². The SMILES string of the molecule is CCCNc1cccc(C(=O)N(C)CC(C)C)n1. The van der Waals surface area contributed by atoms with Crippen LogP contribution in [0, 0.1) is 5.92 Å². The standard InChI is InChI=1S/C14H23N3O/c1-5-9-15-13-8-6-7-12(16-13)14(18)17(4)10-11(2)3/h6-8,11H,5,9-10H2,1-4H3,(H,15,16). The molecule has 0 spiro atoms. The second-order valence-corrected chi connectivity index (χ2v) is 4.91. The number of nitrogens with zero attached hydrogens (tertiary/aromatic N) is 2. The average molecular weight is 249 g/mol. The summed E-state index contributed by atoms with van der Waals surface area (Å²) in [6.45, 7) is 7.89. The van der Waals surface area contributed by atoms with Gasteiger partial charge >= 0.3 is 0 Å². The van der Waals surface area contributed by atoms with Crippen molar-refractivity contribution in [2.45, 2.75) is 27.2 Å². The molecule has 4 heteroatoms. The van der Waals surface area contributed by atoms with Crippen molar-refractivity contribution in [1.29, 1.82) is 0 Å². The van der Waals surface area contributed by atoms with E-state index in [1.165, 1.54) is 0 Å². The van der Waals surface area contributed by atoms with E-state index >= 15 is 0 Å². The molecule has 1 heterocycles. The highest BCUT2D eigenvalue weighted by Crippen LogP contribution is 2.08. The fraction of sp³-hybridized carbons (Fsp3) is 0.571. The Labute approximate surface area is 109 Å².